The molecule has 0 spiro atoms. The van der Waals surface area contributed by atoms with E-state index in [4.69, 9.17) is 0 Å². The molecule has 2 aromatic rings. The van der Waals surface area contributed by atoms with E-state index in [0.29, 0.717) is 6.04 Å². The standard InChI is InChI=1S/C13H21N5/c1-4-17-13(5-6-15-17)9-14-7-12-8-16-18(10-12)11(2)3/h5-6,8,10-11,14H,4,7,9H2,1-3H3. The third-order valence-electron chi connectivity index (χ3n) is 2.92. The van der Waals surface area contributed by atoms with Crippen molar-refractivity contribution in [3.05, 3.63) is 35.9 Å². The molecule has 1 N–H and O–H groups in total. The Labute approximate surface area is 108 Å². The van der Waals surface area contributed by atoms with Gasteiger partial charge in [0.25, 0.3) is 0 Å². The lowest BCUT2D eigenvalue weighted by molar-refractivity contribution is 0.531. The fourth-order valence-electron chi connectivity index (χ4n) is 1.88. The lowest BCUT2D eigenvalue weighted by Crippen LogP contribution is -2.15. The molecule has 0 aliphatic carbocycles. The average molecular weight is 247 g/mol. The second-order valence-corrected chi connectivity index (χ2v) is 4.66. The van der Waals surface area contributed by atoms with Crippen LogP contribution in [0.2, 0.25) is 0 Å². The lowest BCUT2D eigenvalue weighted by Gasteiger charge is -2.06. The second-order valence-electron chi connectivity index (χ2n) is 4.66. The zero-order chi connectivity index (χ0) is 13.0. The van der Waals surface area contributed by atoms with E-state index in [2.05, 4.69) is 42.5 Å². The highest BCUT2D eigenvalue weighted by molar-refractivity contribution is 5.05. The Bertz CT molecular complexity index is 483. The summed E-state index contributed by atoms with van der Waals surface area (Å²) < 4.78 is 3.98. The number of hydrogen-bond acceptors (Lipinski definition) is 3. The summed E-state index contributed by atoms with van der Waals surface area (Å²) >= 11 is 0. The summed E-state index contributed by atoms with van der Waals surface area (Å²) in [6, 6.07) is 2.47. The van der Waals surface area contributed by atoms with Crippen LogP contribution in [0.15, 0.2) is 24.7 Å². The normalized spacial score (nSPS) is 11.3. The van der Waals surface area contributed by atoms with Gasteiger partial charge in [0.15, 0.2) is 0 Å². The number of aryl methyl sites for hydroxylation is 1. The minimum atomic E-state index is 0.417. The molecule has 0 saturated heterocycles. The molecule has 0 atom stereocenters. The molecule has 98 valence electrons. The van der Waals surface area contributed by atoms with Crippen molar-refractivity contribution in [1.82, 2.24) is 24.9 Å². The van der Waals surface area contributed by atoms with Gasteiger partial charge in [-0.2, -0.15) is 10.2 Å². The molecule has 0 bridgehead atoms. The van der Waals surface area contributed by atoms with Crippen LogP contribution < -0.4 is 5.32 Å². The molecular weight excluding hydrogens is 226 g/mol. The molecule has 0 aliphatic heterocycles. The number of nitrogens with one attached hydrogen (secondary N) is 1. The van der Waals surface area contributed by atoms with E-state index >= 15 is 0 Å². The van der Waals surface area contributed by atoms with E-state index in [1.54, 1.807) is 0 Å². The van der Waals surface area contributed by atoms with E-state index in [1.165, 1.54) is 11.3 Å². The zero-order valence-corrected chi connectivity index (χ0v) is 11.3. The van der Waals surface area contributed by atoms with E-state index in [-0.39, 0.29) is 0 Å². The predicted molar refractivity (Wildman–Crippen MR) is 71.1 cm³/mol. The number of aromatic nitrogens is 4. The Kier molecular flexibility index (Phi) is 4.15. The van der Waals surface area contributed by atoms with Crippen LogP contribution in [-0.4, -0.2) is 19.6 Å². The van der Waals surface area contributed by atoms with Crippen molar-refractivity contribution in [2.75, 3.05) is 0 Å². The third kappa shape index (κ3) is 2.98. The molecule has 5 heteroatoms. The first-order valence-electron chi connectivity index (χ1n) is 6.45. The molecule has 0 aliphatic rings. The van der Waals surface area contributed by atoms with Crippen LogP contribution in [0.1, 0.15) is 38.1 Å². The van der Waals surface area contributed by atoms with Crippen LogP contribution in [0.4, 0.5) is 0 Å². The molecule has 2 aromatic heterocycles. The molecule has 0 saturated carbocycles. The summed E-state index contributed by atoms with van der Waals surface area (Å²) in [4.78, 5) is 0. The molecule has 0 aromatic carbocycles. The van der Waals surface area contributed by atoms with Crippen molar-refractivity contribution in [1.29, 1.82) is 0 Å². The van der Waals surface area contributed by atoms with Gasteiger partial charge in [-0.1, -0.05) is 0 Å². The van der Waals surface area contributed by atoms with Gasteiger partial charge in [0, 0.05) is 43.6 Å². The number of nitrogens with zero attached hydrogens (tertiary/aromatic N) is 4. The van der Waals surface area contributed by atoms with Gasteiger partial charge in [0.1, 0.15) is 0 Å². The van der Waals surface area contributed by atoms with Gasteiger partial charge in [0.2, 0.25) is 0 Å². The molecule has 0 fully saturated rings. The summed E-state index contributed by atoms with van der Waals surface area (Å²) in [6.07, 6.45) is 5.86. The topological polar surface area (TPSA) is 47.7 Å². The van der Waals surface area contributed by atoms with Gasteiger partial charge in [-0.25, -0.2) is 0 Å². The van der Waals surface area contributed by atoms with Gasteiger partial charge in [-0.3, -0.25) is 9.36 Å². The van der Waals surface area contributed by atoms with Crippen molar-refractivity contribution in [2.24, 2.45) is 0 Å². The largest absolute Gasteiger partial charge is 0.307 e. The first-order valence-corrected chi connectivity index (χ1v) is 6.45. The monoisotopic (exact) mass is 247 g/mol. The van der Waals surface area contributed by atoms with Crippen LogP contribution >= 0.6 is 0 Å². The Morgan fingerprint density at radius 2 is 2.11 bits per heavy atom. The first-order chi connectivity index (χ1) is 8.70. The average Bonchev–Trinajstić information content (AvgIpc) is 2.97. The van der Waals surface area contributed by atoms with Crippen molar-refractivity contribution in [3.63, 3.8) is 0 Å². The summed E-state index contributed by atoms with van der Waals surface area (Å²) in [6.45, 7) is 8.94. The molecule has 18 heavy (non-hydrogen) atoms. The van der Waals surface area contributed by atoms with Crippen molar-refractivity contribution in [3.8, 4) is 0 Å². The molecule has 2 heterocycles. The van der Waals surface area contributed by atoms with Gasteiger partial charge in [0.05, 0.1) is 11.9 Å². The summed E-state index contributed by atoms with van der Waals surface area (Å²) in [5.74, 6) is 0. The van der Waals surface area contributed by atoms with Gasteiger partial charge in [-0.05, 0) is 26.8 Å². The third-order valence-corrected chi connectivity index (χ3v) is 2.92. The fraction of sp³-hybridized carbons (Fsp3) is 0.538. The quantitative estimate of drug-likeness (QED) is 0.849. The summed E-state index contributed by atoms with van der Waals surface area (Å²) in [5.41, 5.74) is 2.43. The van der Waals surface area contributed by atoms with Gasteiger partial charge in [-0.15, -0.1) is 0 Å². The van der Waals surface area contributed by atoms with Crippen LogP contribution in [-0.2, 0) is 19.6 Å². The Morgan fingerprint density at radius 1 is 1.28 bits per heavy atom. The Balaban J connectivity index is 1.84. The zero-order valence-electron chi connectivity index (χ0n) is 11.3. The molecular formula is C13H21N5. The van der Waals surface area contributed by atoms with E-state index in [0.717, 1.165) is 19.6 Å². The number of rotatable bonds is 6. The molecule has 5 nitrogen and oxygen atoms in total. The minimum Gasteiger partial charge on any atom is -0.307 e. The maximum atomic E-state index is 4.32. The van der Waals surface area contributed by atoms with Crippen LogP contribution in [0.3, 0.4) is 0 Å². The highest BCUT2D eigenvalue weighted by atomic mass is 15.3. The predicted octanol–water partition coefficient (Wildman–Crippen LogP) is 1.97. The van der Waals surface area contributed by atoms with Crippen molar-refractivity contribution >= 4 is 0 Å². The lowest BCUT2D eigenvalue weighted by atomic mass is 10.3. The minimum absolute atomic E-state index is 0.417. The molecule has 0 radical (unpaired) electrons. The Morgan fingerprint density at radius 3 is 2.78 bits per heavy atom. The van der Waals surface area contributed by atoms with Crippen LogP contribution in [0, 0.1) is 0 Å². The van der Waals surface area contributed by atoms with Gasteiger partial charge >= 0.3 is 0 Å². The highest BCUT2D eigenvalue weighted by Gasteiger charge is 2.03. The first kappa shape index (κ1) is 12.8. The van der Waals surface area contributed by atoms with E-state index in [1.807, 2.05) is 27.8 Å². The van der Waals surface area contributed by atoms with E-state index in [9.17, 15) is 0 Å². The van der Waals surface area contributed by atoms with E-state index < -0.39 is 0 Å². The second kappa shape index (κ2) is 5.82. The number of hydrogen-bond donors (Lipinski definition) is 1. The van der Waals surface area contributed by atoms with Crippen LogP contribution in [0.5, 0.6) is 0 Å². The maximum Gasteiger partial charge on any atom is 0.0534 e. The fourth-order valence-corrected chi connectivity index (χ4v) is 1.88. The molecule has 0 amide bonds. The Hall–Kier alpha value is -1.62. The van der Waals surface area contributed by atoms with Crippen molar-refractivity contribution < 1.29 is 0 Å². The smallest absolute Gasteiger partial charge is 0.0534 e. The SMILES string of the molecule is CCn1nccc1CNCc1cnn(C(C)C)c1. The molecule has 0 unspecified atom stereocenters. The van der Waals surface area contributed by atoms with Gasteiger partial charge < -0.3 is 5.32 Å². The van der Waals surface area contributed by atoms with Crippen LogP contribution in [0.25, 0.3) is 0 Å². The highest BCUT2D eigenvalue weighted by Crippen LogP contribution is 2.05. The maximum absolute atomic E-state index is 4.32. The summed E-state index contributed by atoms with van der Waals surface area (Å²) in [5, 5.41) is 12.0. The molecule has 2 rings (SSSR count). The summed E-state index contributed by atoms with van der Waals surface area (Å²) in [7, 11) is 0. The van der Waals surface area contributed by atoms with Crippen molar-refractivity contribution in [2.45, 2.75) is 46.4 Å².